The van der Waals surface area contributed by atoms with Crippen molar-refractivity contribution < 1.29 is 4.74 Å². The fraction of sp³-hybridized carbons (Fsp3) is 0.786. The molecule has 1 N–H and O–H groups in total. The SMILES string of the molecule is CC1(c2cncn2CC2CCCO2)CCNCC1. The summed E-state index contributed by atoms with van der Waals surface area (Å²) in [6, 6.07) is 0. The summed E-state index contributed by atoms with van der Waals surface area (Å²) in [6.45, 7) is 6.49. The first kappa shape index (κ1) is 12.2. The number of hydrogen-bond donors (Lipinski definition) is 1. The summed E-state index contributed by atoms with van der Waals surface area (Å²) >= 11 is 0. The standard InChI is InChI=1S/C14H23N3O/c1-14(4-6-15-7-5-14)13-9-16-11-17(13)10-12-3-2-8-18-12/h9,11-12,15H,2-8,10H2,1H3. The Hall–Kier alpha value is -0.870. The Morgan fingerprint density at radius 1 is 1.50 bits per heavy atom. The second kappa shape index (κ2) is 5.02. The molecule has 4 heteroatoms. The van der Waals surface area contributed by atoms with Crippen LogP contribution in [0.1, 0.15) is 38.3 Å². The Morgan fingerprint density at radius 3 is 3.06 bits per heavy atom. The maximum absolute atomic E-state index is 5.74. The van der Waals surface area contributed by atoms with Gasteiger partial charge in [-0.25, -0.2) is 4.98 Å². The van der Waals surface area contributed by atoms with Crippen LogP contribution in [-0.4, -0.2) is 35.4 Å². The zero-order valence-electron chi connectivity index (χ0n) is 11.2. The Bertz CT molecular complexity index is 389. The minimum Gasteiger partial charge on any atom is -0.376 e. The Morgan fingerprint density at radius 2 is 2.33 bits per heavy atom. The number of nitrogens with zero attached hydrogens (tertiary/aromatic N) is 2. The first-order valence-electron chi connectivity index (χ1n) is 7.11. The topological polar surface area (TPSA) is 39.1 Å². The van der Waals surface area contributed by atoms with Crippen LogP contribution in [0.15, 0.2) is 12.5 Å². The number of aromatic nitrogens is 2. The molecule has 0 saturated carbocycles. The summed E-state index contributed by atoms with van der Waals surface area (Å²) in [5, 5.41) is 3.44. The van der Waals surface area contributed by atoms with Gasteiger partial charge in [0.2, 0.25) is 0 Å². The molecule has 1 aromatic heterocycles. The molecular formula is C14H23N3O. The van der Waals surface area contributed by atoms with Crippen molar-refractivity contribution in [3.05, 3.63) is 18.2 Å². The van der Waals surface area contributed by atoms with E-state index in [9.17, 15) is 0 Å². The van der Waals surface area contributed by atoms with Gasteiger partial charge in [0.05, 0.1) is 19.0 Å². The van der Waals surface area contributed by atoms with Crippen molar-refractivity contribution >= 4 is 0 Å². The second-order valence-electron chi connectivity index (χ2n) is 5.88. The predicted molar refractivity (Wildman–Crippen MR) is 70.7 cm³/mol. The van der Waals surface area contributed by atoms with E-state index in [0.29, 0.717) is 6.10 Å². The highest BCUT2D eigenvalue weighted by Crippen LogP contribution is 2.33. The van der Waals surface area contributed by atoms with Crippen LogP contribution in [0.4, 0.5) is 0 Å². The average molecular weight is 249 g/mol. The van der Waals surface area contributed by atoms with E-state index in [1.807, 2.05) is 6.33 Å². The predicted octanol–water partition coefficient (Wildman–Crippen LogP) is 1.70. The molecule has 100 valence electrons. The minimum absolute atomic E-state index is 0.278. The van der Waals surface area contributed by atoms with Crippen molar-refractivity contribution in [1.82, 2.24) is 14.9 Å². The van der Waals surface area contributed by atoms with Crippen molar-refractivity contribution in [2.24, 2.45) is 0 Å². The Labute approximate surface area is 109 Å². The van der Waals surface area contributed by atoms with E-state index < -0.39 is 0 Å². The van der Waals surface area contributed by atoms with Gasteiger partial charge in [0.25, 0.3) is 0 Å². The van der Waals surface area contributed by atoms with Crippen molar-refractivity contribution in [3.63, 3.8) is 0 Å². The van der Waals surface area contributed by atoms with Crippen molar-refractivity contribution in [2.45, 2.75) is 50.7 Å². The summed E-state index contributed by atoms with van der Waals surface area (Å²) in [5.74, 6) is 0. The van der Waals surface area contributed by atoms with E-state index in [0.717, 1.165) is 26.2 Å². The van der Waals surface area contributed by atoms with Gasteiger partial charge in [-0.05, 0) is 38.8 Å². The van der Waals surface area contributed by atoms with E-state index in [1.165, 1.54) is 31.4 Å². The van der Waals surface area contributed by atoms with Gasteiger partial charge in [0, 0.05) is 23.9 Å². The number of hydrogen-bond acceptors (Lipinski definition) is 3. The van der Waals surface area contributed by atoms with Crippen LogP contribution >= 0.6 is 0 Å². The number of ether oxygens (including phenoxy) is 1. The molecule has 4 nitrogen and oxygen atoms in total. The Balaban J connectivity index is 1.77. The molecule has 0 radical (unpaired) electrons. The molecule has 1 atom stereocenters. The van der Waals surface area contributed by atoms with E-state index in [2.05, 4.69) is 28.0 Å². The van der Waals surface area contributed by atoms with Crippen molar-refractivity contribution in [3.8, 4) is 0 Å². The van der Waals surface area contributed by atoms with E-state index in [4.69, 9.17) is 4.74 Å². The normalized spacial score (nSPS) is 27.5. The molecule has 0 aromatic carbocycles. The minimum atomic E-state index is 0.278. The lowest BCUT2D eigenvalue weighted by Gasteiger charge is -2.35. The van der Waals surface area contributed by atoms with Crippen LogP contribution in [0.5, 0.6) is 0 Å². The zero-order chi connectivity index (χ0) is 12.4. The van der Waals surface area contributed by atoms with Gasteiger partial charge in [0.1, 0.15) is 0 Å². The van der Waals surface area contributed by atoms with Gasteiger partial charge in [-0.15, -0.1) is 0 Å². The van der Waals surface area contributed by atoms with Gasteiger partial charge in [-0.1, -0.05) is 6.92 Å². The molecule has 1 unspecified atom stereocenters. The number of nitrogens with one attached hydrogen (secondary N) is 1. The van der Waals surface area contributed by atoms with Crippen molar-refractivity contribution in [2.75, 3.05) is 19.7 Å². The molecule has 0 amide bonds. The van der Waals surface area contributed by atoms with Crippen LogP contribution in [0.3, 0.4) is 0 Å². The fourth-order valence-electron chi connectivity index (χ4n) is 3.21. The summed E-state index contributed by atoms with van der Waals surface area (Å²) < 4.78 is 8.06. The molecule has 3 heterocycles. The fourth-order valence-corrected chi connectivity index (χ4v) is 3.21. The maximum atomic E-state index is 5.74. The van der Waals surface area contributed by atoms with Crippen LogP contribution in [-0.2, 0) is 16.7 Å². The van der Waals surface area contributed by atoms with E-state index >= 15 is 0 Å². The lowest BCUT2D eigenvalue weighted by Crippen LogP contribution is -2.39. The third kappa shape index (κ3) is 2.31. The highest BCUT2D eigenvalue weighted by Gasteiger charge is 2.32. The summed E-state index contributed by atoms with van der Waals surface area (Å²) in [4.78, 5) is 4.37. The summed E-state index contributed by atoms with van der Waals surface area (Å²) in [5.41, 5.74) is 1.67. The molecule has 0 spiro atoms. The maximum Gasteiger partial charge on any atom is 0.0949 e. The molecule has 18 heavy (non-hydrogen) atoms. The third-order valence-electron chi connectivity index (χ3n) is 4.46. The monoisotopic (exact) mass is 249 g/mol. The molecule has 0 bridgehead atoms. The van der Waals surface area contributed by atoms with Crippen LogP contribution < -0.4 is 5.32 Å². The molecule has 2 aliphatic rings. The van der Waals surface area contributed by atoms with Gasteiger partial charge >= 0.3 is 0 Å². The highest BCUT2D eigenvalue weighted by molar-refractivity contribution is 5.15. The van der Waals surface area contributed by atoms with E-state index in [-0.39, 0.29) is 5.41 Å². The molecule has 2 aliphatic heterocycles. The third-order valence-corrected chi connectivity index (χ3v) is 4.46. The van der Waals surface area contributed by atoms with Crippen LogP contribution in [0, 0.1) is 0 Å². The lowest BCUT2D eigenvalue weighted by atomic mass is 9.78. The lowest BCUT2D eigenvalue weighted by molar-refractivity contribution is 0.0950. The van der Waals surface area contributed by atoms with Crippen LogP contribution in [0.2, 0.25) is 0 Å². The smallest absolute Gasteiger partial charge is 0.0949 e. The van der Waals surface area contributed by atoms with Gasteiger partial charge < -0.3 is 14.6 Å². The van der Waals surface area contributed by atoms with Gasteiger partial charge in [-0.2, -0.15) is 0 Å². The number of rotatable bonds is 3. The molecule has 2 fully saturated rings. The molecule has 0 aliphatic carbocycles. The van der Waals surface area contributed by atoms with Crippen molar-refractivity contribution in [1.29, 1.82) is 0 Å². The van der Waals surface area contributed by atoms with Crippen LogP contribution in [0.25, 0.3) is 0 Å². The van der Waals surface area contributed by atoms with Gasteiger partial charge in [-0.3, -0.25) is 0 Å². The molecular weight excluding hydrogens is 226 g/mol. The summed E-state index contributed by atoms with van der Waals surface area (Å²) in [6.07, 6.45) is 9.22. The number of imidazole rings is 1. The molecule has 3 rings (SSSR count). The molecule has 2 saturated heterocycles. The first-order chi connectivity index (χ1) is 8.78. The average Bonchev–Trinajstić information content (AvgIpc) is 3.02. The van der Waals surface area contributed by atoms with Gasteiger partial charge in [0.15, 0.2) is 0 Å². The summed E-state index contributed by atoms with van der Waals surface area (Å²) in [7, 11) is 0. The second-order valence-corrected chi connectivity index (χ2v) is 5.88. The first-order valence-corrected chi connectivity index (χ1v) is 7.11. The Kier molecular flexibility index (Phi) is 3.39. The van der Waals surface area contributed by atoms with E-state index in [1.54, 1.807) is 0 Å². The molecule has 1 aromatic rings. The quantitative estimate of drug-likeness (QED) is 0.886. The largest absolute Gasteiger partial charge is 0.376 e. The highest BCUT2D eigenvalue weighted by atomic mass is 16.5. The zero-order valence-corrected chi connectivity index (χ0v) is 11.2. The number of piperidine rings is 1.